The molecule has 0 saturated carbocycles. The van der Waals surface area contributed by atoms with Crippen LogP contribution in [-0.2, 0) is 52.2 Å². The zero-order valence-corrected chi connectivity index (χ0v) is 26.7. The number of hydrogen-bond acceptors (Lipinski definition) is 13. The van der Waals surface area contributed by atoms with Gasteiger partial charge >= 0.3 is 0 Å². The number of carbonyl (C=O) groups is 2. The maximum atomic E-state index is 11.9. The van der Waals surface area contributed by atoms with Crippen LogP contribution in [0.25, 0.3) is 10.4 Å². The van der Waals surface area contributed by atoms with Crippen LogP contribution in [-0.4, -0.2) is 149 Å². The highest BCUT2D eigenvalue weighted by molar-refractivity contribution is 5.82. The first kappa shape index (κ1) is 42.2. The van der Waals surface area contributed by atoms with Gasteiger partial charge in [-0.3, -0.25) is 9.59 Å². The number of rotatable bonds is 36. The first-order valence-corrected chi connectivity index (χ1v) is 15.4. The summed E-state index contributed by atoms with van der Waals surface area (Å²) in [5.74, 6) is -0.0395. The van der Waals surface area contributed by atoms with Gasteiger partial charge in [0.1, 0.15) is 13.2 Å². The number of aliphatic hydroxyl groups excluding tert-OH is 1. The fraction of sp³-hybridized carbons (Fsp3) is 0.931. The van der Waals surface area contributed by atoms with Gasteiger partial charge in [-0.25, -0.2) is 0 Å². The average molecular weight is 638 g/mol. The van der Waals surface area contributed by atoms with E-state index in [4.69, 9.17) is 48.2 Å². The van der Waals surface area contributed by atoms with Gasteiger partial charge in [0.2, 0.25) is 0 Å². The first-order chi connectivity index (χ1) is 21.5. The molecule has 0 aromatic rings. The van der Waals surface area contributed by atoms with Crippen LogP contribution in [0.3, 0.4) is 0 Å². The summed E-state index contributed by atoms with van der Waals surface area (Å²) in [6, 6.07) is 0. The second-order valence-corrected chi connectivity index (χ2v) is 9.92. The number of carbonyl (C=O) groups excluding carboxylic acids is 2. The molecule has 0 fully saturated rings. The monoisotopic (exact) mass is 637 g/mol. The summed E-state index contributed by atoms with van der Waals surface area (Å²) in [5.41, 5.74) is 8.13. The standard InChI is InChI=1S/C29H55N3O12/c1-26(2)27(23-33)22-29(35)25-44-24-28(34)4-3-6-36-8-10-38-12-14-40-16-18-42-20-21-43-19-17-41-15-13-39-11-9-37-7-5-31-32-30/h26-27,33H,3-25H2,1-2H3. The van der Waals surface area contributed by atoms with Crippen molar-refractivity contribution < 1.29 is 57.3 Å². The van der Waals surface area contributed by atoms with Gasteiger partial charge in [0, 0.05) is 37.5 Å². The van der Waals surface area contributed by atoms with E-state index in [9.17, 15) is 14.7 Å². The van der Waals surface area contributed by atoms with Gasteiger partial charge in [-0.15, -0.1) is 0 Å². The Hall–Kier alpha value is -1.75. The Morgan fingerprint density at radius 1 is 0.614 bits per heavy atom. The quantitative estimate of drug-likeness (QED) is 0.0457. The molecular formula is C29H55N3O12. The van der Waals surface area contributed by atoms with Crippen molar-refractivity contribution in [2.45, 2.75) is 33.1 Å². The van der Waals surface area contributed by atoms with Crippen molar-refractivity contribution in [2.75, 3.05) is 132 Å². The van der Waals surface area contributed by atoms with E-state index in [-0.39, 0.29) is 49.6 Å². The average Bonchev–Trinajstić information content (AvgIpc) is 3.01. The normalized spacial score (nSPS) is 12.0. The lowest BCUT2D eigenvalue weighted by molar-refractivity contribution is -0.129. The van der Waals surface area contributed by atoms with E-state index < -0.39 is 0 Å². The molecule has 15 heteroatoms. The molecule has 0 saturated heterocycles. The highest BCUT2D eigenvalue weighted by atomic mass is 16.6. The maximum absolute atomic E-state index is 11.9. The minimum Gasteiger partial charge on any atom is -0.396 e. The molecule has 1 unspecified atom stereocenters. The van der Waals surface area contributed by atoms with Gasteiger partial charge < -0.3 is 47.7 Å². The minimum absolute atomic E-state index is 0.0329. The van der Waals surface area contributed by atoms with E-state index in [1.165, 1.54) is 0 Å². The Balaban J connectivity index is 3.24. The summed E-state index contributed by atoms with van der Waals surface area (Å²) >= 11 is 0. The molecule has 0 aliphatic carbocycles. The third-order valence-electron chi connectivity index (χ3n) is 5.94. The van der Waals surface area contributed by atoms with E-state index in [1.54, 1.807) is 0 Å². The van der Waals surface area contributed by atoms with Gasteiger partial charge in [0.15, 0.2) is 11.6 Å². The molecule has 0 spiro atoms. The maximum Gasteiger partial charge on any atom is 0.158 e. The Kier molecular flexibility index (Phi) is 32.8. The number of nitrogens with zero attached hydrogens (tertiary/aromatic N) is 3. The summed E-state index contributed by atoms with van der Waals surface area (Å²) < 4.78 is 48.4. The molecule has 258 valence electrons. The number of hydrogen-bond donors (Lipinski definition) is 1. The SMILES string of the molecule is CC(C)C(CO)CC(=O)COCC(=O)CCCOCCOCCOCCOCCOCCOCCOCCOCCN=[N+]=[N-]. The number of ketones is 2. The number of aliphatic hydroxyl groups is 1. The third-order valence-corrected chi connectivity index (χ3v) is 5.94. The van der Waals surface area contributed by atoms with Gasteiger partial charge in [0.25, 0.3) is 0 Å². The number of Topliss-reactive ketones (excluding diaryl/α,β-unsaturated/α-hetero) is 2. The van der Waals surface area contributed by atoms with Crippen molar-refractivity contribution in [3.63, 3.8) is 0 Å². The Morgan fingerprint density at radius 2 is 1.00 bits per heavy atom. The second-order valence-electron chi connectivity index (χ2n) is 9.92. The molecule has 0 heterocycles. The molecular weight excluding hydrogens is 582 g/mol. The van der Waals surface area contributed by atoms with Crippen LogP contribution in [0, 0.1) is 11.8 Å². The Morgan fingerprint density at radius 3 is 1.39 bits per heavy atom. The molecule has 15 nitrogen and oxygen atoms in total. The summed E-state index contributed by atoms with van der Waals surface area (Å²) in [4.78, 5) is 26.4. The second kappa shape index (κ2) is 34.1. The molecule has 0 aliphatic heterocycles. The minimum atomic E-state index is -0.105. The topological polar surface area (TPSA) is 186 Å². The predicted molar refractivity (Wildman–Crippen MR) is 161 cm³/mol. The molecule has 0 bridgehead atoms. The molecule has 1 N–H and O–H groups in total. The van der Waals surface area contributed by atoms with Crippen molar-refractivity contribution in [1.82, 2.24) is 0 Å². The highest BCUT2D eigenvalue weighted by Crippen LogP contribution is 2.14. The van der Waals surface area contributed by atoms with Crippen LogP contribution < -0.4 is 0 Å². The van der Waals surface area contributed by atoms with E-state index in [0.717, 1.165) is 0 Å². The largest absolute Gasteiger partial charge is 0.396 e. The van der Waals surface area contributed by atoms with Gasteiger partial charge in [-0.05, 0) is 23.8 Å². The number of azide groups is 1. The highest BCUT2D eigenvalue weighted by Gasteiger charge is 2.17. The van der Waals surface area contributed by atoms with E-state index in [1.807, 2.05) is 13.8 Å². The van der Waals surface area contributed by atoms with Crippen LogP contribution in [0.5, 0.6) is 0 Å². The van der Waals surface area contributed by atoms with Crippen LogP contribution in [0.4, 0.5) is 0 Å². The first-order valence-electron chi connectivity index (χ1n) is 15.4. The fourth-order valence-electron chi connectivity index (χ4n) is 3.38. The lowest BCUT2D eigenvalue weighted by Crippen LogP contribution is -2.22. The van der Waals surface area contributed by atoms with Crippen LogP contribution in [0.15, 0.2) is 5.11 Å². The zero-order chi connectivity index (χ0) is 32.4. The fourth-order valence-corrected chi connectivity index (χ4v) is 3.38. The Labute approximate surface area is 261 Å². The lowest BCUT2D eigenvalue weighted by atomic mass is 9.92. The summed E-state index contributed by atoms with van der Waals surface area (Å²) in [6.07, 6.45) is 1.16. The Bertz CT molecular complexity index is 711. The molecule has 0 amide bonds. The van der Waals surface area contributed by atoms with Crippen molar-refractivity contribution >= 4 is 11.6 Å². The van der Waals surface area contributed by atoms with Crippen LogP contribution in [0.2, 0.25) is 0 Å². The van der Waals surface area contributed by atoms with E-state index in [2.05, 4.69) is 10.0 Å². The summed E-state index contributed by atoms with van der Waals surface area (Å²) in [7, 11) is 0. The molecule has 0 aromatic heterocycles. The number of ether oxygens (including phenoxy) is 9. The van der Waals surface area contributed by atoms with E-state index >= 15 is 0 Å². The van der Waals surface area contributed by atoms with Crippen LogP contribution >= 0.6 is 0 Å². The molecule has 0 aromatic carbocycles. The van der Waals surface area contributed by atoms with Crippen molar-refractivity contribution in [2.24, 2.45) is 17.0 Å². The molecule has 44 heavy (non-hydrogen) atoms. The smallest absolute Gasteiger partial charge is 0.158 e. The zero-order valence-electron chi connectivity index (χ0n) is 26.7. The van der Waals surface area contributed by atoms with Crippen LogP contribution in [0.1, 0.15) is 33.1 Å². The van der Waals surface area contributed by atoms with Crippen molar-refractivity contribution in [1.29, 1.82) is 0 Å². The predicted octanol–water partition coefficient (Wildman–Crippen LogP) is 2.02. The summed E-state index contributed by atoms with van der Waals surface area (Å²) in [5, 5.41) is 12.7. The molecule has 1 atom stereocenters. The lowest BCUT2D eigenvalue weighted by Gasteiger charge is -2.16. The molecule has 0 rings (SSSR count). The third kappa shape index (κ3) is 31.7. The van der Waals surface area contributed by atoms with Crippen molar-refractivity contribution in [3.05, 3.63) is 10.4 Å². The van der Waals surface area contributed by atoms with Gasteiger partial charge in [0.05, 0.1) is 99.1 Å². The van der Waals surface area contributed by atoms with Gasteiger partial charge in [-0.2, -0.15) is 0 Å². The molecule has 0 aliphatic rings. The van der Waals surface area contributed by atoms with Gasteiger partial charge in [-0.1, -0.05) is 19.0 Å². The van der Waals surface area contributed by atoms with Crippen molar-refractivity contribution in [3.8, 4) is 0 Å². The molecule has 0 radical (unpaired) electrons. The summed E-state index contributed by atoms with van der Waals surface area (Å²) in [6.45, 7) is 11.3. The van der Waals surface area contributed by atoms with E-state index in [0.29, 0.717) is 125 Å².